The third-order valence-corrected chi connectivity index (χ3v) is 3.39. The predicted octanol–water partition coefficient (Wildman–Crippen LogP) is 0.434. The van der Waals surface area contributed by atoms with Gasteiger partial charge in [-0.05, 0) is 0 Å². The van der Waals surface area contributed by atoms with Crippen LogP contribution in [0.5, 0.6) is 0 Å². The summed E-state index contributed by atoms with van der Waals surface area (Å²) in [5.74, 6) is 0.608. The molecule has 0 atom stereocenters. The van der Waals surface area contributed by atoms with Gasteiger partial charge in [0, 0.05) is 6.54 Å². The minimum absolute atomic E-state index is 0.505. The zero-order chi connectivity index (χ0) is 8.04. The molecule has 0 unspecified atom stereocenters. The van der Waals surface area contributed by atoms with Gasteiger partial charge in [0.05, 0.1) is 38.0 Å². The van der Waals surface area contributed by atoms with Gasteiger partial charge in [-0.25, -0.2) is 0 Å². The first-order chi connectivity index (χ1) is 4.74. The molecule has 0 spiro atoms. The number of hydrogen-bond acceptors (Lipinski definition) is 4. The maximum atomic E-state index is 5.32. The average Bonchev–Trinajstić information content (AvgIpc) is 2.01. The van der Waals surface area contributed by atoms with E-state index < -0.39 is 10.9 Å². The molecule has 0 amide bonds. The molecule has 0 aromatic carbocycles. The molecule has 0 aromatic rings. The van der Waals surface area contributed by atoms with Crippen molar-refractivity contribution in [3.8, 4) is 0 Å². The molecule has 0 bridgehead atoms. The van der Waals surface area contributed by atoms with E-state index in [1.54, 1.807) is 21.3 Å². The van der Waals surface area contributed by atoms with Crippen LogP contribution in [0.4, 0.5) is 0 Å². The molecule has 10 heavy (non-hydrogen) atoms. The summed E-state index contributed by atoms with van der Waals surface area (Å²) in [6.07, 6.45) is 0. The van der Waals surface area contributed by atoms with Crippen molar-refractivity contribution in [1.82, 2.24) is 0 Å². The van der Waals surface area contributed by atoms with E-state index in [9.17, 15) is 0 Å². The Kier molecular flexibility index (Phi) is 5.02. The van der Waals surface area contributed by atoms with Crippen molar-refractivity contribution in [3.63, 3.8) is 0 Å². The highest BCUT2D eigenvalue weighted by Gasteiger charge is 2.20. The van der Waals surface area contributed by atoms with Crippen molar-refractivity contribution in [2.24, 2.45) is 5.73 Å². The van der Waals surface area contributed by atoms with Crippen LogP contribution in [-0.2, 0) is 12.5 Å². The second kappa shape index (κ2) is 4.92. The van der Waals surface area contributed by atoms with Gasteiger partial charge < -0.3 is 5.73 Å². The zero-order valence-electron chi connectivity index (χ0n) is 6.62. The Morgan fingerprint density at radius 3 is 1.60 bits per heavy atom. The first-order valence-electron chi connectivity index (χ1n) is 2.92. The van der Waals surface area contributed by atoms with Crippen molar-refractivity contribution >= 4 is 10.9 Å². The van der Waals surface area contributed by atoms with Crippen LogP contribution in [0.1, 0.15) is 0 Å². The highest BCUT2D eigenvalue weighted by atomic mass is 32.3. The molecular formula is C5H15NO3S. The Labute approximate surface area is 63.6 Å². The van der Waals surface area contributed by atoms with Crippen LogP contribution in [0.25, 0.3) is 0 Å². The van der Waals surface area contributed by atoms with Gasteiger partial charge in [-0.15, -0.1) is 0 Å². The van der Waals surface area contributed by atoms with Crippen LogP contribution >= 0.6 is 10.9 Å². The lowest BCUT2D eigenvalue weighted by atomic mass is 10.8. The largest absolute Gasteiger partial charge is 0.329 e. The molecule has 0 heterocycles. The van der Waals surface area contributed by atoms with Crippen LogP contribution in [0, 0.1) is 0 Å². The summed E-state index contributed by atoms with van der Waals surface area (Å²) in [7, 11) is 2.88. The van der Waals surface area contributed by atoms with E-state index in [2.05, 4.69) is 0 Å². The number of rotatable bonds is 5. The van der Waals surface area contributed by atoms with E-state index in [0.29, 0.717) is 12.3 Å². The summed E-state index contributed by atoms with van der Waals surface area (Å²) in [6, 6.07) is 0. The second-order valence-corrected chi connectivity index (χ2v) is 4.07. The first kappa shape index (κ1) is 10.2. The Hall–Kier alpha value is 0.190. The maximum absolute atomic E-state index is 5.32. The maximum Gasteiger partial charge on any atom is 0.0892 e. The van der Waals surface area contributed by atoms with Crippen LogP contribution in [-0.4, -0.2) is 33.6 Å². The number of nitrogens with two attached hydrogens (primary N) is 1. The smallest absolute Gasteiger partial charge is 0.0892 e. The van der Waals surface area contributed by atoms with Gasteiger partial charge in [-0.1, -0.05) is 0 Å². The third-order valence-electron chi connectivity index (χ3n) is 1.13. The molecule has 4 nitrogen and oxygen atoms in total. The van der Waals surface area contributed by atoms with E-state index in [1.165, 1.54) is 0 Å². The van der Waals surface area contributed by atoms with E-state index in [0.717, 1.165) is 0 Å². The van der Waals surface area contributed by atoms with Crippen LogP contribution in [0.15, 0.2) is 0 Å². The lowest BCUT2D eigenvalue weighted by Crippen LogP contribution is -2.17. The van der Waals surface area contributed by atoms with Gasteiger partial charge in [-0.2, -0.15) is 0 Å². The Morgan fingerprint density at radius 2 is 1.50 bits per heavy atom. The molecule has 0 aliphatic carbocycles. The minimum atomic E-state index is -1.79. The molecule has 0 saturated heterocycles. The van der Waals surface area contributed by atoms with Gasteiger partial charge in [0.1, 0.15) is 0 Å². The van der Waals surface area contributed by atoms with Gasteiger partial charge >= 0.3 is 0 Å². The van der Waals surface area contributed by atoms with E-state index in [1.807, 2.05) is 0 Å². The number of hydrogen-bond donors (Lipinski definition) is 1. The molecule has 0 saturated carbocycles. The van der Waals surface area contributed by atoms with Crippen molar-refractivity contribution < 1.29 is 12.5 Å². The lowest BCUT2D eigenvalue weighted by molar-refractivity contribution is 0.249. The molecular weight excluding hydrogens is 154 g/mol. The molecule has 0 radical (unpaired) electrons. The van der Waals surface area contributed by atoms with E-state index in [4.69, 9.17) is 18.3 Å². The van der Waals surface area contributed by atoms with E-state index in [-0.39, 0.29) is 0 Å². The second-order valence-electron chi connectivity index (χ2n) is 1.55. The molecule has 0 fully saturated rings. The minimum Gasteiger partial charge on any atom is -0.329 e. The Morgan fingerprint density at radius 1 is 1.10 bits per heavy atom. The van der Waals surface area contributed by atoms with Crippen LogP contribution in [0.3, 0.4) is 0 Å². The monoisotopic (exact) mass is 169 g/mol. The fraction of sp³-hybridized carbons (Fsp3) is 1.00. The molecule has 5 heteroatoms. The first-order valence-corrected chi connectivity index (χ1v) is 4.50. The van der Waals surface area contributed by atoms with Crippen molar-refractivity contribution in [2.75, 3.05) is 33.6 Å². The highest BCUT2D eigenvalue weighted by molar-refractivity contribution is 8.21. The third kappa shape index (κ3) is 2.43. The Bertz CT molecular complexity index is 78.7. The summed E-state index contributed by atoms with van der Waals surface area (Å²) in [6.45, 7) is 0.505. The van der Waals surface area contributed by atoms with Gasteiger partial charge in [0.15, 0.2) is 0 Å². The predicted molar refractivity (Wildman–Crippen MR) is 42.5 cm³/mol. The molecule has 0 aliphatic rings. The standard InChI is InChI=1S/C5H15NO3S/c1-7-10(8-2,9-3)5-4-6/h4-6H2,1-3H3. The lowest BCUT2D eigenvalue weighted by Gasteiger charge is -2.32. The van der Waals surface area contributed by atoms with Gasteiger partial charge in [0.2, 0.25) is 0 Å². The molecule has 0 aliphatic heterocycles. The quantitative estimate of drug-likeness (QED) is 0.648. The van der Waals surface area contributed by atoms with Gasteiger partial charge in [-0.3, -0.25) is 12.5 Å². The highest BCUT2D eigenvalue weighted by Crippen LogP contribution is 2.48. The zero-order valence-corrected chi connectivity index (χ0v) is 7.44. The summed E-state index contributed by atoms with van der Waals surface area (Å²) in [5.41, 5.74) is 5.32. The van der Waals surface area contributed by atoms with Crippen molar-refractivity contribution in [2.45, 2.75) is 0 Å². The summed E-state index contributed by atoms with van der Waals surface area (Å²) in [4.78, 5) is 0. The Balaban J connectivity index is 3.87. The SMILES string of the molecule is COS(CCN)(OC)OC. The van der Waals surface area contributed by atoms with Crippen LogP contribution in [0.2, 0.25) is 0 Å². The van der Waals surface area contributed by atoms with Crippen molar-refractivity contribution in [1.29, 1.82) is 0 Å². The fourth-order valence-corrected chi connectivity index (χ4v) is 1.80. The normalized spacial score (nSPS) is 13.6. The summed E-state index contributed by atoms with van der Waals surface area (Å²) >= 11 is 0. The average molecular weight is 169 g/mol. The molecule has 2 N–H and O–H groups in total. The van der Waals surface area contributed by atoms with Crippen molar-refractivity contribution in [3.05, 3.63) is 0 Å². The van der Waals surface area contributed by atoms with Crippen LogP contribution < -0.4 is 5.73 Å². The molecule has 64 valence electrons. The summed E-state index contributed by atoms with van der Waals surface area (Å²) < 4.78 is 15.1. The molecule has 0 rings (SSSR count). The summed E-state index contributed by atoms with van der Waals surface area (Å²) in [5, 5.41) is 0. The van der Waals surface area contributed by atoms with Gasteiger partial charge in [0.25, 0.3) is 0 Å². The topological polar surface area (TPSA) is 53.7 Å². The molecule has 0 aromatic heterocycles. The van der Waals surface area contributed by atoms with E-state index >= 15 is 0 Å². The fourth-order valence-electron chi connectivity index (χ4n) is 0.598.